The molecule has 2 N–H and O–H groups in total. The molecule has 4 rings (SSSR count). The van der Waals surface area contributed by atoms with Gasteiger partial charge < -0.3 is 15.2 Å². The smallest absolute Gasteiger partial charge is 0.422 e. The molecule has 2 aromatic carbocycles. The molecule has 1 aliphatic rings. The van der Waals surface area contributed by atoms with Crippen LogP contribution >= 0.6 is 0 Å². The Morgan fingerprint density at radius 1 is 1.21 bits per heavy atom. The Morgan fingerprint density at radius 3 is 2.55 bits per heavy atom. The van der Waals surface area contributed by atoms with Crippen LogP contribution in [0.25, 0.3) is 11.1 Å². The molecule has 0 radical (unpaired) electrons. The Kier molecular flexibility index (Phi) is 5.87. The van der Waals surface area contributed by atoms with Gasteiger partial charge in [0.05, 0.1) is 29.2 Å². The van der Waals surface area contributed by atoms with E-state index in [4.69, 9.17) is 10.00 Å². The number of aromatic carboxylic acids is 1. The maximum Gasteiger partial charge on any atom is 0.422 e. The molecule has 0 bridgehead atoms. The van der Waals surface area contributed by atoms with Crippen molar-refractivity contribution in [3.63, 3.8) is 0 Å². The molecule has 33 heavy (non-hydrogen) atoms. The molecule has 1 fully saturated rings. The molecular weight excluding hydrogens is 437 g/mol. The summed E-state index contributed by atoms with van der Waals surface area (Å²) in [7, 11) is 0. The first-order valence-electron chi connectivity index (χ1n) is 9.95. The summed E-state index contributed by atoms with van der Waals surface area (Å²) >= 11 is 0. The summed E-state index contributed by atoms with van der Waals surface area (Å²) in [5, 5.41) is 21.4. The molecule has 1 heterocycles. The molecule has 7 nitrogen and oxygen atoms in total. The molecule has 1 saturated carbocycles. The van der Waals surface area contributed by atoms with E-state index in [2.05, 4.69) is 15.3 Å². The number of anilines is 2. The van der Waals surface area contributed by atoms with E-state index >= 15 is 0 Å². The average Bonchev–Trinajstić information content (AvgIpc) is 3.63. The maximum absolute atomic E-state index is 12.9. The van der Waals surface area contributed by atoms with Crippen molar-refractivity contribution >= 4 is 17.5 Å². The topological polar surface area (TPSA) is 108 Å². The maximum atomic E-state index is 12.9. The van der Waals surface area contributed by atoms with Gasteiger partial charge in [-0.1, -0.05) is 24.3 Å². The monoisotopic (exact) mass is 454 g/mol. The first-order valence-corrected chi connectivity index (χ1v) is 9.95. The van der Waals surface area contributed by atoms with E-state index in [1.165, 1.54) is 24.4 Å². The highest BCUT2D eigenvalue weighted by Gasteiger charge is 2.30. The first kappa shape index (κ1) is 22.1. The number of nitriles is 1. The third kappa shape index (κ3) is 5.20. The van der Waals surface area contributed by atoms with Crippen molar-refractivity contribution in [3.8, 4) is 22.9 Å². The summed E-state index contributed by atoms with van der Waals surface area (Å²) in [5.74, 6) is -1.38. The highest BCUT2D eigenvalue weighted by atomic mass is 19.4. The molecule has 0 amide bonds. The second-order valence-electron chi connectivity index (χ2n) is 7.47. The molecule has 3 aromatic rings. The molecule has 168 valence electrons. The van der Waals surface area contributed by atoms with Gasteiger partial charge in [0.15, 0.2) is 23.9 Å². The van der Waals surface area contributed by atoms with Crippen LogP contribution in [0.1, 0.15) is 40.5 Å². The lowest BCUT2D eigenvalue weighted by molar-refractivity contribution is -0.153. The van der Waals surface area contributed by atoms with Crippen LogP contribution in [0.4, 0.5) is 24.7 Å². The number of halogens is 3. The summed E-state index contributed by atoms with van der Waals surface area (Å²) < 4.78 is 44.0. The van der Waals surface area contributed by atoms with Crippen molar-refractivity contribution in [2.24, 2.45) is 0 Å². The van der Waals surface area contributed by atoms with Crippen molar-refractivity contribution in [3.05, 3.63) is 65.6 Å². The van der Waals surface area contributed by atoms with Gasteiger partial charge in [-0.2, -0.15) is 18.4 Å². The van der Waals surface area contributed by atoms with Gasteiger partial charge in [0.1, 0.15) is 0 Å². The Hall–Kier alpha value is -4.13. The molecule has 0 spiro atoms. The number of alkyl halides is 3. The summed E-state index contributed by atoms with van der Waals surface area (Å²) in [6.45, 7) is -1.55. The lowest BCUT2D eigenvalue weighted by Crippen LogP contribution is -2.20. The number of hydrogen-bond acceptors (Lipinski definition) is 6. The van der Waals surface area contributed by atoms with Crippen molar-refractivity contribution in [2.75, 3.05) is 11.9 Å². The van der Waals surface area contributed by atoms with Gasteiger partial charge in [-0.05, 0) is 36.6 Å². The summed E-state index contributed by atoms with van der Waals surface area (Å²) in [5.41, 5.74) is 1.57. The van der Waals surface area contributed by atoms with Crippen molar-refractivity contribution < 1.29 is 27.8 Å². The minimum Gasteiger partial charge on any atom is -0.481 e. The van der Waals surface area contributed by atoms with Crippen LogP contribution < -0.4 is 10.1 Å². The van der Waals surface area contributed by atoms with E-state index in [-0.39, 0.29) is 28.9 Å². The molecular formula is C23H17F3N4O3. The van der Waals surface area contributed by atoms with Gasteiger partial charge in [0.2, 0.25) is 0 Å². The highest BCUT2D eigenvalue weighted by molar-refractivity contribution is 5.92. The van der Waals surface area contributed by atoms with Gasteiger partial charge in [-0.25, -0.2) is 14.8 Å². The summed E-state index contributed by atoms with van der Waals surface area (Å²) in [6, 6.07) is 12.8. The number of ether oxygens (including phenoxy) is 1. The molecule has 0 aliphatic heterocycles. The SMILES string of the molecule is N#Cc1ccc(-c2cccc(Nc3ncc(C4CC4)nc3C(=O)O)c2OCC(F)(F)F)cc1. The van der Waals surface area contributed by atoms with E-state index in [1.54, 1.807) is 24.3 Å². The standard InChI is InChI=1S/C23H17F3N4O3/c24-23(25,26)12-33-20-16(14-6-4-13(10-27)5-7-14)2-1-3-17(20)30-21-19(22(31)32)29-18(11-28-21)15-8-9-15/h1-7,11,15H,8-9,12H2,(H,28,30)(H,31,32). The Labute approximate surface area is 186 Å². The van der Waals surface area contributed by atoms with Crippen molar-refractivity contribution in [2.45, 2.75) is 24.9 Å². The quantitative estimate of drug-likeness (QED) is 0.500. The fourth-order valence-electron chi connectivity index (χ4n) is 3.24. The largest absolute Gasteiger partial charge is 0.481 e. The zero-order chi connectivity index (χ0) is 23.6. The van der Waals surface area contributed by atoms with Gasteiger partial charge in [-0.3, -0.25) is 0 Å². The zero-order valence-electron chi connectivity index (χ0n) is 17.1. The van der Waals surface area contributed by atoms with Gasteiger partial charge in [0, 0.05) is 11.5 Å². The van der Waals surface area contributed by atoms with Gasteiger partial charge >= 0.3 is 12.1 Å². The van der Waals surface area contributed by atoms with Crippen LogP contribution in [0.15, 0.2) is 48.7 Å². The van der Waals surface area contributed by atoms with Crippen molar-refractivity contribution in [1.82, 2.24) is 9.97 Å². The van der Waals surface area contributed by atoms with Gasteiger partial charge in [-0.15, -0.1) is 0 Å². The minimum absolute atomic E-state index is 0.0945. The van der Waals surface area contributed by atoms with Crippen LogP contribution in [0.2, 0.25) is 0 Å². The van der Waals surface area contributed by atoms with E-state index in [1.807, 2.05) is 6.07 Å². The Bertz CT molecular complexity index is 1230. The number of para-hydroxylation sites is 1. The van der Waals surface area contributed by atoms with E-state index in [0.717, 1.165) is 12.8 Å². The predicted molar refractivity (Wildman–Crippen MR) is 112 cm³/mol. The second kappa shape index (κ2) is 8.78. The van der Waals surface area contributed by atoms with Crippen LogP contribution in [-0.2, 0) is 0 Å². The molecule has 0 atom stereocenters. The molecule has 0 saturated heterocycles. The average molecular weight is 454 g/mol. The van der Waals surface area contributed by atoms with Crippen LogP contribution in [0.5, 0.6) is 5.75 Å². The Balaban J connectivity index is 1.76. The number of aromatic nitrogens is 2. The fraction of sp³-hybridized carbons (Fsp3) is 0.217. The molecule has 1 aliphatic carbocycles. The van der Waals surface area contributed by atoms with Crippen LogP contribution in [-0.4, -0.2) is 33.8 Å². The third-order valence-corrected chi connectivity index (χ3v) is 4.96. The zero-order valence-corrected chi connectivity index (χ0v) is 17.1. The number of nitrogens with zero attached hydrogens (tertiary/aromatic N) is 3. The number of hydrogen-bond donors (Lipinski definition) is 2. The lowest BCUT2D eigenvalue weighted by atomic mass is 10.0. The number of rotatable bonds is 7. The number of carboxylic acids is 1. The van der Waals surface area contributed by atoms with Crippen LogP contribution in [0.3, 0.4) is 0 Å². The van der Waals surface area contributed by atoms with E-state index in [9.17, 15) is 23.1 Å². The van der Waals surface area contributed by atoms with E-state index in [0.29, 0.717) is 22.4 Å². The van der Waals surface area contributed by atoms with E-state index < -0.39 is 18.8 Å². The van der Waals surface area contributed by atoms with Gasteiger partial charge in [0.25, 0.3) is 0 Å². The number of nitrogens with one attached hydrogen (secondary N) is 1. The molecule has 1 aromatic heterocycles. The summed E-state index contributed by atoms with van der Waals surface area (Å²) in [6.07, 6.45) is -1.31. The summed E-state index contributed by atoms with van der Waals surface area (Å²) in [4.78, 5) is 20.1. The highest BCUT2D eigenvalue weighted by Crippen LogP contribution is 2.41. The fourth-order valence-corrected chi connectivity index (χ4v) is 3.24. The first-order chi connectivity index (χ1) is 15.7. The third-order valence-electron chi connectivity index (χ3n) is 4.96. The van der Waals surface area contributed by atoms with Crippen LogP contribution in [0, 0.1) is 11.3 Å². The number of carboxylic acid groups (broad SMARTS) is 1. The normalized spacial score (nSPS) is 13.3. The molecule has 10 heteroatoms. The number of benzene rings is 2. The second-order valence-corrected chi connectivity index (χ2v) is 7.47. The molecule has 0 unspecified atom stereocenters. The lowest BCUT2D eigenvalue weighted by Gasteiger charge is -2.18. The van der Waals surface area contributed by atoms with Crippen molar-refractivity contribution in [1.29, 1.82) is 5.26 Å². The number of carbonyl (C=O) groups is 1. The minimum atomic E-state index is -4.59. The predicted octanol–water partition coefficient (Wildman–Crippen LogP) is 5.28. The Morgan fingerprint density at radius 2 is 1.94 bits per heavy atom.